The van der Waals surface area contributed by atoms with Crippen LogP contribution in [0.1, 0.15) is 20.8 Å². The van der Waals surface area contributed by atoms with Gasteiger partial charge in [-0.1, -0.05) is 39.0 Å². The largest absolute Gasteiger partial charge is 0.0808 e. The quantitative estimate of drug-likeness (QED) is 0.518. The predicted molar refractivity (Wildman–Crippen MR) is 45.5 cm³/mol. The van der Waals surface area contributed by atoms with E-state index in [0.717, 1.165) is 0 Å². The summed E-state index contributed by atoms with van der Waals surface area (Å²) in [6.07, 6.45) is 8.95. The Labute approximate surface area is 63.6 Å². The van der Waals surface area contributed by atoms with Crippen molar-refractivity contribution in [3.63, 3.8) is 0 Å². The Morgan fingerprint density at radius 3 is 2.50 bits per heavy atom. The molecule has 0 N–H and O–H groups in total. The highest BCUT2D eigenvalue weighted by molar-refractivity contribution is 5.29. The highest BCUT2D eigenvalue weighted by atomic mass is 14.1. The lowest BCUT2D eigenvalue weighted by molar-refractivity contribution is 0.766. The zero-order valence-electron chi connectivity index (χ0n) is 6.96. The van der Waals surface area contributed by atoms with Gasteiger partial charge < -0.3 is 0 Å². The fourth-order valence-corrected chi connectivity index (χ4v) is 1.03. The van der Waals surface area contributed by atoms with E-state index in [0.29, 0.717) is 11.8 Å². The second-order valence-corrected chi connectivity index (χ2v) is 3.23. The molecule has 1 unspecified atom stereocenters. The van der Waals surface area contributed by atoms with E-state index in [4.69, 9.17) is 0 Å². The van der Waals surface area contributed by atoms with Crippen molar-refractivity contribution in [2.24, 2.45) is 11.8 Å². The van der Waals surface area contributed by atoms with E-state index < -0.39 is 0 Å². The summed E-state index contributed by atoms with van der Waals surface area (Å²) in [5, 5.41) is 0. The highest BCUT2D eigenvalue weighted by Crippen LogP contribution is 2.19. The molecule has 0 amide bonds. The maximum absolute atomic E-state index is 2.25. The molecule has 55 valence electrons. The van der Waals surface area contributed by atoms with Crippen LogP contribution >= 0.6 is 0 Å². The van der Waals surface area contributed by atoms with Crippen LogP contribution in [0.2, 0.25) is 0 Å². The van der Waals surface area contributed by atoms with Gasteiger partial charge in [-0.25, -0.2) is 0 Å². The number of hydrogen-bond donors (Lipinski definition) is 0. The Balaban J connectivity index is 2.59. The van der Waals surface area contributed by atoms with Crippen molar-refractivity contribution in [3.8, 4) is 0 Å². The number of hydrogen-bond acceptors (Lipinski definition) is 0. The average Bonchev–Trinajstić information content (AvgIpc) is 1.88. The van der Waals surface area contributed by atoms with Crippen molar-refractivity contribution in [1.82, 2.24) is 0 Å². The number of rotatable bonds is 1. The van der Waals surface area contributed by atoms with Crippen LogP contribution in [0.5, 0.6) is 0 Å². The molecule has 0 heteroatoms. The molecule has 10 heavy (non-hydrogen) atoms. The molecular formula is C10H15. The Bertz CT molecular complexity index is 161. The normalized spacial score (nSPS) is 25.2. The molecule has 1 rings (SSSR count). The summed E-state index contributed by atoms with van der Waals surface area (Å²) in [5.74, 6) is 1.29. The maximum Gasteiger partial charge on any atom is -0.00984 e. The summed E-state index contributed by atoms with van der Waals surface area (Å²) in [6.45, 7) is 6.64. The van der Waals surface area contributed by atoms with Gasteiger partial charge in [0.05, 0.1) is 0 Å². The van der Waals surface area contributed by atoms with E-state index in [1.165, 1.54) is 5.57 Å². The first kappa shape index (κ1) is 7.59. The molecule has 0 heterocycles. The third kappa shape index (κ3) is 1.73. The summed E-state index contributed by atoms with van der Waals surface area (Å²) in [7, 11) is 0. The molecular weight excluding hydrogens is 120 g/mol. The van der Waals surface area contributed by atoms with Crippen LogP contribution in [0.25, 0.3) is 0 Å². The second kappa shape index (κ2) is 3.05. The van der Waals surface area contributed by atoms with Gasteiger partial charge in [-0.05, 0) is 23.8 Å². The van der Waals surface area contributed by atoms with Gasteiger partial charge in [0, 0.05) is 0 Å². The summed E-state index contributed by atoms with van der Waals surface area (Å²) in [6, 6.07) is 0. The van der Waals surface area contributed by atoms with Crippen molar-refractivity contribution in [2.45, 2.75) is 20.8 Å². The van der Waals surface area contributed by atoms with Gasteiger partial charge in [-0.2, -0.15) is 0 Å². The van der Waals surface area contributed by atoms with Gasteiger partial charge in [0.15, 0.2) is 0 Å². The first-order chi connectivity index (χ1) is 4.70. The molecule has 0 bridgehead atoms. The molecule has 1 aliphatic rings. The van der Waals surface area contributed by atoms with Gasteiger partial charge in [0.25, 0.3) is 0 Å². The summed E-state index contributed by atoms with van der Waals surface area (Å²) < 4.78 is 0. The van der Waals surface area contributed by atoms with Crippen LogP contribution in [0.4, 0.5) is 0 Å². The predicted octanol–water partition coefficient (Wildman–Crippen LogP) is 2.98. The van der Waals surface area contributed by atoms with Crippen molar-refractivity contribution in [1.29, 1.82) is 0 Å². The second-order valence-electron chi connectivity index (χ2n) is 3.23. The van der Waals surface area contributed by atoms with Crippen LogP contribution < -0.4 is 0 Å². The lowest BCUT2D eigenvalue weighted by Gasteiger charge is -2.13. The SMILES string of the molecule is CC1[CH]C=C(C(C)C)C=C1. The highest BCUT2D eigenvalue weighted by Gasteiger charge is 2.05. The lowest BCUT2D eigenvalue weighted by Crippen LogP contribution is -1.99. The molecule has 0 aromatic heterocycles. The van der Waals surface area contributed by atoms with Gasteiger partial charge >= 0.3 is 0 Å². The zero-order chi connectivity index (χ0) is 7.56. The molecule has 1 radical (unpaired) electrons. The molecule has 0 aromatic carbocycles. The number of allylic oxidation sites excluding steroid dienone is 4. The molecule has 1 atom stereocenters. The lowest BCUT2D eigenvalue weighted by atomic mass is 9.93. The van der Waals surface area contributed by atoms with Crippen molar-refractivity contribution >= 4 is 0 Å². The third-order valence-corrected chi connectivity index (χ3v) is 1.85. The van der Waals surface area contributed by atoms with Crippen LogP contribution in [-0.2, 0) is 0 Å². The Kier molecular flexibility index (Phi) is 2.31. The van der Waals surface area contributed by atoms with E-state index in [1.807, 2.05) is 0 Å². The molecule has 0 fully saturated rings. The molecule has 0 saturated heterocycles. The first-order valence-electron chi connectivity index (χ1n) is 3.93. The average molecular weight is 135 g/mol. The van der Waals surface area contributed by atoms with E-state index in [1.54, 1.807) is 0 Å². The minimum Gasteiger partial charge on any atom is -0.0808 e. The molecule has 1 aliphatic carbocycles. The van der Waals surface area contributed by atoms with E-state index in [2.05, 4.69) is 45.4 Å². The fourth-order valence-electron chi connectivity index (χ4n) is 1.03. The van der Waals surface area contributed by atoms with Crippen LogP contribution in [-0.4, -0.2) is 0 Å². The van der Waals surface area contributed by atoms with Gasteiger partial charge in [-0.15, -0.1) is 0 Å². The molecule has 0 aromatic rings. The minimum atomic E-state index is 0.627. The third-order valence-electron chi connectivity index (χ3n) is 1.85. The minimum absolute atomic E-state index is 0.627. The summed E-state index contributed by atoms with van der Waals surface area (Å²) in [5.41, 5.74) is 1.44. The molecule has 0 saturated carbocycles. The molecule has 0 spiro atoms. The van der Waals surface area contributed by atoms with Gasteiger partial charge in [-0.3, -0.25) is 0 Å². The van der Waals surface area contributed by atoms with Gasteiger partial charge in [0.1, 0.15) is 0 Å². The van der Waals surface area contributed by atoms with Crippen molar-refractivity contribution in [2.75, 3.05) is 0 Å². The van der Waals surface area contributed by atoms with E-state index >= 15 is 0 Å². The van der Waals surface area contributed by atoms with Crippen LogP contribution in [0, 0.1) is 18.3 Å². The molecule has 0 aliphatic heterocycles. The Hall–Kier alpha value is -0.520. The monoisotopic (exact) mass is 135 g/mol. The standard InChI is InChI=1S/C10H15/c1-8(2)10-6-4-9(3)5-7-10/h4-9H,1-3H3. The van der Waals surface area contributed by atoms with Crippen molar-refractivity contribution < 1.29 is 0 Å². The van der Waals surface area contributed by atoms with Crippen molar-refractivity contribution in [3.05, 3.63) is 30.2 Å². The molecule has 0 nitrogen and oxygen atoms in total. The van der Waals surface area contributed by atoms with Crippen LogP contribution in [0.15, 0.2) is 23.8 Å². The fraction of sp³-hybridized carbons (Fsp3) is 0.500. The van der Waals surface area contributed by atoms with E-state index in [-0.39, 0.29) is 0 Å². The first-order valence-corrected chi connectivity index (χ1v) is 3.93. The summed E-state index contributed by atoms with van der Waals surface area (Å²) in [4.78, 5) is 0. The van der Waals surface area contributed by atoms with Gasteiger partial charge in [0.2, 0.25) is 0 Å². The smallest absolute Gasteiger partial charge is 0.00984 e. The van der Waals surface area contributed by atoms with Crippen LogP contribution in [0.3, 0.4) is 0 Å². The Morgan fingerprint density at radius 1 is 1.40 bits per heavy atom. The van der Waals surface area contributed by atoms with E-state index in [9.17, 15) is 0 Å². The maximum atomic E-state index is 2.25. The topological polar surface area (TPSA) is 0 Å². The summed E-state index contributed by atoms with van der Waals surface area (Å²) >= 11 is 0. The zero-order valence-corrected chi connectivity index (χ0v) is 6.96. The Morgan fingerprint density at radius 2 is 2.10 bits per heavy atom.